The predicted octanol–water partition coefficient (Wildman–Crippen LogP) is 4.51. The van der Waals surface area contributed by atoms with Gasteiger partial charge in [-0.05, 0) is 13.0 Å². The summed E-state index contributed by atoms with van der Waals surface area (Å²) in [6.45, 7) is 3.33. The Morgan fingerprint density at radius 1 is 1.00 bits per heavy atom. The molecule has 92 valence electrons. The highest BCUT2D eigenvalue weighted by Gasteiger charge is 1.97. The number of unbranched alkanes of at least 4 members (excludes halogenated alkanes) is 7. The zero-order valence-electron chi connectivity index (χ0n) is 9.74. The molecule has 1 atom stereocenters. The van der Waals surface area contributed by atoms with Crippen molar-refractivity contribution in [3.8, 4) is 0 Å². The topological polar surface area (TPSA) is 12.0 Å². The fraction of sp³-hybridized carbons (Fsp3) is 1.00. The summed E-state index contributed by atoms with van der Waals surface area (Å²) in [7, 11) is 1.45. The first kappa shape index (κ1) is 16.0. The van der Waals surface area contributed by atoms with Crippen molar-refractivity contribution in [2.24, 2.45) is 0 Å². The highest BCUT2D eigenvalue weighted by molar-refractivity contribution is 8.70. The van der Waals surface area contributed by atoms with Crippen LogP contribution >= 0.6 is 35.1 Å². The maximum absolute atomic E-state index is 4.29. The maximum Gasteiger partial charge on any atom is 0.107 e. The van der Waals surface area contributed by atoms with Gasteiger partial charge >= 0.3 is 0 Å². The maximum atomic E-state index is 4.29. The van der Waals surface area contributed by atoms with Crippen LogP contribution in [0.15, 0.2) is 0 Å². The number of thiol groups is 2. The normalized spacial score (nSPS) is 13.0. The molecule has 0 amide bonds. The first-order valence-corrected chi connectivity index (χ1v) is 8.47. The van der Waals surface area contributed by atoms with Crippen molar-refractivity contribution in [3.63, 3.8) is 0 Å². The van der Waals surface area contributed by atoms with Gasteiger partial charge in [-0.15, -0.1) is 24.3 Å². The Balaban J connectivity index is 2.92. The summed E-state index contributed by atoms with van der Waals surface area (Å²) in [5.41, 5.74) is 0. The minimum absolute atomic E-state index is 0.179. The van der Waals surface area contributed by atoms with Gasteiger partial charge in [0.2, 0.25) is 0 Å². The van der Waals surface area contributed by atoms with E-state index in [1.807, 2.05) is 0 Å². The Morgan fingerprint density at radius 2 is 1.53 bits per heavy atom. The molecule has 0 aliphatic carbocycles. The molecule has 0 aliphatic rings. The minimum atomic E-state index is 0.179. The van der Waals surface area contributed by atoms with Crippen LogP contribution in [0.2, 0.25) is 0 Å². The second-order valence-corrected chi connectivity index (χ2v) is 6.07. The molecule has 0 aliphatic heterocycles. The summed E-state index contributed by atoms with van der Waals surface area (Å²) < 4.78 is 0.179. The lowest BCUT2D eigenvalue weighted by Crippen LogP contribution is -2.20. The fourth-order valence-electron chi connectivity index (χ4n) is 1.52. The lowest BCUT2D eigenvalue weighted by Gasteiger charge is -2.08. The molecule has 0 spiro atoms. The number of hydrogen-bond donors (Lipinski definition) is 3. The molecule has 0 aromatic rings. The minimum Gasteiger partial charge on any atom is -0.296 e. The van der Waals surface area contributed by atoms with Crippen LogP contribution in [0.3, 0.4) is 0 Å². The largest absolute Gasteiger partial charge is 0.296 e. The molecule has 4 heteroatoms. The van der Waals surface area contributed by atoms with Gasteiger partial charge in [-0.25, -0.2) is 0 Å². The van der Waals surface area contributed by atoms with E-state index >= 15 is 0 Å². The zero-order valence-corrected chi connectivity index (χ0v) is 12.3. The van der Waals surface area contributed by atoms with Crippen molar-refractivity contribution in [1.82, 2.24) is 5.32 Å². The predicted molar refractivity (Wildman–Crippen MR) is 80.0 cm³/mol. The zero-order chi connectivity index (χ0) is 11.4. The van der Waals surface area contributed by atoms with Crippen molar-refractivity contribution in [1.29, 1.82) is 0 Å². The monoisotopic (exact) mass is 267 g/mol. The van der Waals surface area contributed by atoms with Crippen LogP contribution in [0, 0.1) is 0 Å². The van der Waals surface area contributed by atoms with Crippen LogP contribution in [0.25, 0.3) is 0 Å². The van der Waals surface area contributed by atoms with Crippen LogP contribution in [0.4, 0.5) is 0 Å². The summed E-state index contributed by atoms with van der Waals surface area (Å²) in [6.07, 6.45) is 11.0. The van der Waals surface area contributed by atoms with Crippen LogP contribution in [0.5, 0.6) is 0 Å². The van der Waals surface area contributed by atoms with Crippen molar-refractivity contribution in [2.45, 2.75) is 63.0 Å². The summed E-state index contributed by atoms with van der Waals surface area (Å²) in [6, 6.07) is 0. The van der Waals surface area contributed by atoms with Gasteiger partial charge in [0, 0.05) is 0 Å². The average Bonchev–Trinajstić information content (AvgIpc) is 2.26. The van der Waals surface area contributed by atoms with E-state index in [-0.39, 0.29) is 4.71 Å². The molecule has 1 nitrogen and oxygen atoms in total. The van der Waals surface area contributed by atoms with Crippen LogP contribution < -0.4 is 5.32 Å². The van der Waals surface area contributed by atoms with Crippen LogP contribution in [-0.2, 0) is 0 Å². The first-order chi connectivity index (χ1) is 7.31. The van der Waals surface area contributed by atoms with E-state index in [1.165, 1.54) is 62.2 Å². The van der Waals surface area contributed by atoms with Crippen molar-refractivity contribution < 1.29 is 0 Å². The number of rotatable bonds is 11. The summed E-state index contributed by atoms with van der Waals surface area (Å²) in [4.78, 5) is 0. The number of nitrogens with one attached hydrogen (secondary N) is 1. The van der Waals surface area contributed by atoms with Crippen LogP contribution in [-0.4, -0.2) is 11.3 Å². The lowest BCUT2D eigenvalue weighted by atomic mass is 10.1. The van der Waals surface area contributed by atoms with Crippen molar-refractivity contribution >= 4 is 35.1 Å². The number of hydrogen-bond acceptors (Lipinski definition) is 4. The molecule has 0 radical (unpaired) electrons. The summed E-state index contributed by atoms with van der Waals surface area (Å²) >= 11 is 8.37. The van der Waals surface area contributed by atoms with Gasteiger partial charge in [-0.2, -0.15) is 0 Å². The van der Waals surface area contributed by atoms with Gasteiger partial charge in [-0.1, -0.05) is 62.7 Å². The van der Waals surface area contributed by atoms with E-state index < -0.39 is 0 Å². The quantitative estimate of drug-likeness (QED) is 0.220. The molecule has 1 N–H and O–H groups in total. The van der Waals surface area contributed by atoms with Gasteiger partial charge in [0.1, 0.15) is 4.71 Å². The molecule has 0 saturated carbocycles. The molecule has 0 aromatic heterocycles. The highest BCUT2D eigenvalue weighted by Crippen LogP contribution is 2.15. The Hall–Kier alpha value is 1.01. The van der Waals surface area contributed by atoms with Gasteiger partial charge < -0.3 is 0 Å². The van der Waals surface area contributed by atoms with Gasteiger partial charge in [-0.3, -0.25) is 5.32 Å². The Bertz CT molecular complexity index is 122. The SMILES string of the molecule is CCCCCCCCCCNC(S)SS. The van der Waals surface area contributed by atoms with Gasteiger partial charge in [0.15, 0.2) is 0 Å². The van der Waals surface area contributed by atoms with E-state index in [4.69, 9.17) is 0 Å². The van der Waals surface area contributed by atoms with Crippen LogP contribution in [0.1, 0.15) is 58.3 Å². The van der Waals surface area contributed by atoms with E-state index in [1.54, 1.807) is 0 Å². The van der Waals surface area contributed by atoms with Gasteiger partial charge in [0.25, 0.3) is 0 Å². The molecule has 15 heavy (non-hydrogen) atoms. The first-order valence-electron chi connectivity index (χ1n) is 6.03. The molecular formula is C11H25NS3. The third-order valence-electron chi connectivity index (χ3n) is 2.45. The summed E-state index contributed by atoms with van der Waals surface area (Å²) in [5.74, 6) is 0. The molecule has 0 saturated heterocycles. The Labute approximate surface area is 110 Å². The molecule has 1 unspecified atom stereocenters. The van der Waals surface area contributed by atoms with E-state index in [9.17, 15) is 0 Å². The van der Waals surface area contributed by atoms with E-state index in [0.29, 0.717) is 0 Å². The van der Waals surface area contributed by atoms with Gasteiger partial charge in [0.05, 0.1) is 0 Å². The molecule has 0 bridgehead atoms. The summed E-state index contributed by atoms with van der Waals surface area (Å²) in [5, 5.41) is 3.29. The van der Waals surface area contributed by atoms with Crippen molar-refractivity contribution in [2.75, 3.05) is 6.54 Å². The highest BCUT2D eigenvalue weighted by atomic mass is 33.1. The second kappa shape index (κ2) is 13.1. The Kier molecular flexibility index (Phi) is 14.0. The fourth-order valence-corrected chi connectivity index (χ4v) is 2.07. The molecular weight excluding hydrogens is 242 g/mol. The third kappa shape index (κ3) is 12.9. The molecule has 0 heterocycles. The molecule has 0 aromatic carbocycles. The Morgan fingerprint density at radius 3 is 2.07 bits per heavy atom. The molecule has 0 fully saturated rings. The average molecular weight is 268 g/mol. The second-order valence-electron chi connectivity index (χ2n) is 3.89. The smallest absolute Gasteiger partial charge is 0.107 e. The standard InChI is InChI=1S/C11H25NS3/c1-2-3-4-5-6-7-8-9-10-12-11(13)15-14/h11-14H,2-10H2,1H3. The van der Waals surface area contributed by atoms with E-state index in [0.717, 1.165) is 6.54 Å². The molecule has 0 rings (SSSR count). The van der Waals surface area contributed by atoms with Crippen molar-refractivity contribution in [3.05, 3.63) is 0 Å². The third-order valence-corrected chi connectivity index (χ3v) is 4.45. The van der Waals surface area contributed by atoms with E-state index in [2.05, 4.69) is 36.5 Å². The lowest BCUT2D eigenvalue weighted by molar-refractivity contribution is 0.564.